The molecule has 0 aliphatic rings. The number of halogens is 1. The van der Waals surface area contributed by atoms with E-state index in [1.54, 1.807) is 0 Å². The maximum absolute atomic E-state index is 6.33. The molecule has 1 heterocycles. The van der Waals surface area contributed by atoms with Gasteiger partial charge < -0.3 is 0 Å². The maximum atomic E-state index is 6.33. The van der Waals surface area contributed by atoms with Crippen LogP contribution in [0.1, 0.15) is 0 Å². The summed E-state index contributed by atoms with van der Waals surface area (Å²) in [4.78, 5) is 13.5. The highest BCUT2D eigenvalue weighted by Gasteiger charge is 2.14. The van der Waals surface area contributed by atoms with E-state index in [9.17, 15) is 0 Å². The molecule has 35 heavy (non-hydrogen) atoms. The lowest BCUT2D eigenvalue weighted by Crippen LogP contribution is -1.98. The average molecular weight is 470 g/mol. The van der Waals surface area contributed by atoms with Crippen molar-refractivity contribution in [1.82, 2.24) is 15.0 Å². The van der Waals surface area contributed by atoms with Crippen LogP contribution in [0.4, 0.5) is 0 Å². The zero-order valence-electron chi connectivity index (χ0n) is 18.8. The molecular weight excluding hydrogens is 450 g/mol. The molecule has 0 radical (unpaired) electrons. The van der Waals surface area contributed by atoms with Gasteiger partial charge in [0.2, 0.25) is 5.28 Å². The third-order valence-corrected chi connectivity index (χ3v) is 6.23. The van der Waals surface area contributed by atoms with Crippen LogP contribution in [-0.2, 0) is 0 Å². The first-order valence-electron chi connectivity index (χ1n) is 11.4. The summed E-state index contributed by atoms with van der Waals surface area (Å²) < 4.78 is 0. The Balaban J connectivity index is 1.52. The van der Waals surface area contributed by atoms with E-state index in [1.165, 1.54) is 10.8 Å². The van der Waals surface area contributed by atoms with Crippen molar-refractivity contribution in [2.45, 2.75) is 0 Å². The van der Waals surface area contributed by atoms with Crippen LogP contribution < -0.4 is 0 Å². The summed E-state index contributed by atoms with van der Waals surface area (Å²) in [6.07, 6.45) is 0. The Morgan fingerprint density at radius 2 is 1.00 bits per heavy atom. The lowest BCUT2D eigenvalue weighted by molar-refractivity contribution is 1.07. The van der Waals surface area contributed by atoms with Gasteiger partial charge in [0.25, 0.3) is 0 Å². The lowest BCUT2D eigenvalue weighted by Gasteiger charge is -2.14. The Labute approximate surface area is 208 Å². The van der Waals surface area contributed by atoms with Crippen molar-refractivity contribution in [1.29, 1.82) is 0 Å². The number of nitrogens with zero attached hydrogens (tertiary/aromatic N) is 3. The molecule has 5 aromatic carbocycles. The first-order valence-corrected chi connectivity index (χ1v) is 11.8. The fourth-order valence-corrected chi connectivity index (χ4v) is 4.50. The summed E-state index contributed by atoms with van der Waals surface area (Å²) in [5.41, 5.74) is 6.32. The molecule has 1 aromatic heterocycles. The molecule has 0 amide bonds. The number of hydrogen-bond donors (Lipinski definition) is 0. The van der Waals surface area contributed by atoms with Gasteiger partial charge in [0.1, 0.15) is 0 Å². The van der Waals surface area contributed by atoms with E-state index >= 15 is 0 Å². The zero-order valence-corrected chi connectivity index (χ0v) is 19.5. The largest absolute Gasteiger partial charge is 0.226 e. The molecule has 3 nitrogen and oxygen atoms in total. The molecule has 6 aromatic rings. The van der Waals surface area contributed by atoms with E-state index < -0.39 is 0 Å². The summed E-state index contributed by atoms with van der Waals surface area (Å²) in [5.74, 6) is 1.10. The number of benzene rings is 5. The molecule has 0 unspecified atom stereocenters. The first kappa shape index (κ1) is 21.2. The van der Waals surface area contributed by atoms with Gasteiger partial charge in [0.15, 0.2) is 11.6 Å². The monoisotopic (exact) mass is 469 g/mol. The van der Waals surface area contributed by atoms with Crippen LogP contribution in [0, 0.1) is 0 Å². The van der Waals surface area contributed by atoms with Crippen molar-refractivity contribution in [3.8, 4) is 45.0 Å². The van der Waals surface area contributed by atoms with Gasteiger partial charge in [-0.05, 0) is 56.8 Å². The van der Waals surface area contributed by atoms with Crippen molar-refractivity contribution in [3.05, 3.63) is 127 Å². The number of rotatable bonds is 4. The standard InChI is InChI=1S/C31H20ClN3/c32-31-34-29(23-12-5-2-6-13-23)33-30(35-31)26-17-18-27(28(20-26)22-10-3-1-4-11-22)25-16-15-21-9-7-8-14-24(21)19-25/h1-20H. The summed E-state index contributed by atoms with van der Waals surface area (Å²) in [6.45, 7) is 0. The minimum Gasteiger partial charge on any atom is -0.208 e. The number of aromatic nitrogens is 3. The van der Waals surface area contributed by atoms with Gasteiger partial charge in [-0.3, -0.25) is 0 Å². The van der Waals surface area contributed by atoms with Gasteiger partial charge in [-0.15, -0.1) is 0 Å². The van der Waals surface area contributed by atoms with E-state index in [2.05, 4.69) is 94.9 Å². The van der Waals surface area contributed by atoms with E-state index in [0.717, 1.165) is 33.4 Å². The predicted molar refractivity (Wildman–Crippen MR) is 144 cm³/mol. The van der Waals surface area contributed by atoms with E-state index in [0.29, 0.717) is 11.6 Å². The molecule has 166 valence electrons. The summed E-state index contributed by atoms with van der Waals surface area (Å²) in [7, 11) is 0. The van der Waals surface area contributed by atoms with Crippen LogP contribution in [0.2, 0.25) is 5.28 Å². The van der Waals surface area contributed by atoms with Gasteiger partial charge in [-0.25, -0.2) is 4.98 Å². The molecule has 0 N–H and O–H groups in total. The molecule has 0 atom stereocenters. The molecule has 0 aliphatic heterocycles. The maximum Gasteiger partial charge on any atom is 0.226 e. The van der Waals surface area contributed by atoms with Gasteiger partial charge in [-0.2, -0.15) is 9.97 Å². The Kier molecular flexibility index (Phi) is 5.53. The fraction of sp³-hybridized carbons (Fsp3) is 0. The average Bonchev–Trinajstić information content (AvgIpc) is 2.93. The van der Waals surface area contributed by atoms with Crippen LogP contribution >= 0.6 is 11.6 Å². The number of hydrogen-bond acceptors (Lipinski definition) is 3. The van der Waals surface area contributed by atoms with E-state index in [4.69, 9.17) is 16.6 Å². The van der Waals surface area contributed by atoms with Gasteiger partial charge in [0, 0.05) is 11.1 Å². The topological polar surface area (TPSA) is 38.7 Å². The quantitative estimate of drug-likeness (QED) is 0.260. The second-order valence-corrected chi connectivity index (χ2v) is 8.64. The third-order valence-electron chi connectivity index (χ3n) is 6.06. The molecule has 0 saturated heterocycles. The highest BCUT2D eigenvalue weighted by molar-refractivity contribution is 6.28. The van der Waals surface area contributed by atoms with Gasteiger partial charge in [0.05, 0.1) is 0 Å². The second-order valence-electron chi connectivity index (χ2n) is 8.31. The van der Waals surface area contributed by atoms with Crippen molar-refractivity contribution >= 4 is 22.4 Å². The molecule has 0 aliphatic carbocycles. The van der Waals surface area contributed by atoms with Crippen molar-refractivity contribution in [3.63, 3.8) is 0 Å². The van der Waals surface area contributed by atoms with E-state index in [1.807, 2.05) is 36.4 Å². The van der Waals surface area contributed by atoms with Gasteiger partial charge in [-0.1, -0.05) is 109 Å². The lowest BCUT2D eigenvalue weighted by atomic mass is 9.91. The molecular formula is C31H20ClN3. The van der Waals surface area contributed by atoms with Crippen molar-refractivity contribution in [2.75, 3.05) is 0 Å². The Bertz CT molecular complexity index is 1650. The normalized spacial score (nSPS) is 11.0. The van der Waals surface area contributed by atoms with Crippen molar-refractivity contribution in [2.24, 2.45) is 0 Å². The Morgan fingerprint density at radius 1 is 0.400 bits per heavy atom. The minimum atomic E-state index is 0.175. The van der Waals surface area contributed by atoms with Crippen LogP contribution in [0.3, 0.4) is 0 Å². The van der Waals surface area contributed by atoms with Crippen molar-refractivity contribution < 1.29 is 0 Å². The molecule has 6 rings (SSSR count). The fourth-order valence-electron chi connectivity index (χ4n) is 4.34. The molecule has 0 spiro atoms. The summed E-state index contributed by atoms with van der Waals surface area (Å²) >= 11 is 6.33. The highest BCUT2D eigenvalue weighted by Crippen LogP contribution is 2.36. The summed E-state index contributed by atoms with van der Waals surface area (Å²) in [6, 6.07) is 41.5. The smallest absolute Gasteiger partial charge is 0.208 e. The number of fused-ring (bicyclic) bond motifs is 1. The van der Waals surface area contributed by atoms with E-state index in [-0.39, 0.29) is 5.28 Å². The van der Waals surface area contributed by atoms with Crippen LogP contribution in [-0.4, -0.2) is 15.0 Å². The minimum absolute atomic E-state index is 0.175. The Morgan fingerprint density at radius 3 is 1.74 bits per heavy atom. The van der Waals surface area contributed by atoms with Crippen LogP contribution in [0.25, 0.3) is 55.8 Å². The van der Waals surface area contributed by atoms with Crippen LogP contribution in [0.5, 0.6) is 0 Å². The molecule has 0 saturated carbocycles. The third kappa shape index (κ3) is 4.30. The van der Waals surface area contributed by atoms with Gasteiger partial charge >= 0.3 is 0 Å². The Hall–Kier alpha value is -4.34. The predicted octanol–water partition coefficient (Wildman–Crippen LogP) is 8.35. The highest BCUT2D eigenvalue weighted by atomic mass is 35.5. The zero-order chi connectivity index (χ0) is 23.6. The molecule has 0 fully saturated rings. The second kappa shape index (κ2) is 9.13. The molecule has 0 bridgehead atoms. The first-order chi connectivity index (χ1) is 17.2. The SMILES string of the molecule is Clc1nc(-c2ccccc2)nc(-c2ccc(-c3ccc4ccccc4c3)c(-c3ccccc3)c2)n1. The molecule has 4 heteroatoms. The summed E-state index contributed by atoms with van der Waals surface area (Å²) in [5, 5.41) is 2.61. The van der Waals surface area contributed by atoms with Crippen LogP contribution in [0.15, 0.2) is 121 Å².